The van der Waals surface area contributed by atoms with Crippen molar-refractivity contribution >= 4 is 15.9 Å². The number of aromatic hydroxyl groups is 1. The standard InChI is InChI=1S/C14H20BrNO2/c1-16(9-12-3-2-6-18-10-12)8-11-4-5-14(17)13(15)7-11/h4-5,7,12,17H,2-3,6,8-10H2,1H3. The third-order valence-corrected chi connectivity index (χ3v) is 3.92. The first kappa shape index (κ1) is 13.8. The van der Waals surface area contributed by atoms with Crippen LogP contribution >= 0.6 is 15.9 Å². The predicted octanol–water partition coefficient (Wildman–Crippen LogP) is 3.01. The number of hydrogen-bond acceptors (Lipinski definition) is 3. The van der Waals surface area contributed by atoms with Crippen molar-refractivity contribution in [3.63, 3.8) is 0 Å². The summed E-state index contributed by atoms with van der Waals surface area (Å²) in [6, 6.07) is 5.67. The monoisotopic (exact) mass is 313 g/mol. The highest BCUT2D eigenvalue weighted by molar-refractivity contribution is 9.10. The van der Waals surface area contributed by atoms with Gasteiger partial charge in [0.2, 0.25) is 0 Å². The smallest absolute Gasteiger partial charge is 0.129 e. The summed E-state index contributed by atoms with van der Waals surface area (Å²) in [4.78, 5) is 2.32. The number of phenolic OH excluding ortho intramolecular Hbond substituents is 1. The highest BCUT2D eigenvalue weighted by Crippen LogP contribution is 2.25. The summed E-state index contributed by atoms with van der Waals surface area (Å²) in [5, 5.41) is 9.46. The van der Waals surface area contributed by atoms with Gasteiger partial charge < -0.3 is 14.7 Å². The maximum atomic E-state index is 9.46. The van der Waals surface area contributed by atoms with Gasteiger partial charge in [0.15, 0.2) is 0 Å². The molecule has 0 saturated carbocycles. The molecule has 1 aromatic carbocycles. The summed E-state index contributed by atoms with van der Waals surface area (Å²) >= 11 is 3.35. The van der Waals surface area contributed by atoms with Crippen molar-refractivity contribution in [2.45, 2.75) is 19.4 Å². The van der Waals surface area contributed by atoms with Gasteiger partial charge in [-0.1, -0.05) is 6.07 Å². The Bertz CT molecular complexity index is 391. The molecule has 0 aromatic heterocycles. The van der Waals surface area contributed by atoms with E-state index in [0.29, 0.717) is 11.7 Å². The largest absolute Gasteiger partial charge is 0.507 e. The number of ether oxygens (including phenoxy) is 1. The molecule has 0 amide bonds. The first-order chi connectivity index (χ1) is 8.65. The molecule has 18 heavy (non-hydrogen) atoms. The van der Waals surface area contributed by atoms with E-state index in [9.17, 15) is 5.11 Å². The van der Waals surface area contributed by atoms with Gasteiger partial charge in [-0.05, 0) is 59.4 Å². The molecule has 1 heterocycles. The Morgan fingerprint density at radius 3 is 3.00 bits per heavy atom. The summed E-state index contributed by atoms with van der Waals surface area (Å²) in [5.74, 6) is 0.950. The van der Waals surface area contributed by atoms with Crippen LogP contribution in [0.5, 0.6) is 5.75 Å². The second kappa shape index (κ2) is 6.55. The first-order valence-electron chi connectivity index (χ1n) is 6.39. The van der Waals surface area contributed by atoms with Crippen LogP contribution in [-0.4, -0.2) is 36.8 Å². The fourth-order valence-electron chi connectivity index (χ4n) is 2.42. The lowest BCUT2D eigenvalue weighted by atomic mass is 10.0. The minimum atomic E-state index is 0.294. The lowest BCUT2D eigenvalue weighted by Crippen LogP contribution is -2.30. The van der Waals surface area contributed by atoms with E-state index in [0.717, 1.165) is 30.8 Å². The molecule has 1 N–H and O–H groups in total. The fraction of sp³-hybridized carbons (Fsp3) is 0.571. The third-order valence-electron chi connectivity index (χ3n) is 3.29. The Kier molecular flexibility index (Phi) is 5.03. The van der Waals surface area contributed by atoms with Crippen LogP contribution < -0.4 is 0 Å². The van der Waals surface area contributed by atoms with Gasteiger partial charge in [0, 0.05) is 19.7 Å². The highest BCUT2D eigenvalue weighted by Gasteiger charge is 2.16. The molecule has 0 spiro atoms. The Morgan fingerprint density at radius 1 is 1.50 bits per heavy atom. The molecule has 1 unspecified atom stereocenters. The SMILES string of the molecule is CN(Cc1ccc(O)c(Br)c1)CC1CCCOC1. The van der Waals surface area contributed by atoms with E-state index in [1.807, 2.05) is 12.1 Å². The average molecular weight is 314 g/mol. The molecular weight excluding hydrogens is 294 g/mol. The van der Waals surface area contributed by atoms with Crippen LogP contribution in [0.4, 0.5) is 0 Å². The van der Waals surface area contributed by atoms with Gasteiger partial charge in [-0.2, -0.15) is 0 Å². The van der Waals surface area contributed by atoms with Crippen LogP contribution in [0.25, 0.3) is 0 Å². The number of rotatable bonds is 4. The van der Waals surface area contributed by atoms with Gasteiger partial charge in [-0.25, -0.2) is 0 Å². The van der Waals surface area contributed by atoms with Crippen LogP contribution in [0, 0.1) is 5.92 Å². The molecule has 1 fully saturated rings. The number of nitrogens with zero attached hydrogens (tertiary/aromatic N) is 1. The third kappa shape index (κ3) is 3.97. The number of phenols is 1. The molecule has 1 aliphatic rings. The number of hydrogen-bond donors (Lipinski definition) is 1. The molecule has 1 saturated heterocycles. The van der Waals surface area contributed by atoms with Gasteiger partial charge >= 0.3 is 0 Å². The fourth-order valence-corrected chi connectivity index (χ4v) is 2.84. The molecular formula is C14H20BrNO2. The summed E-state index contributed by atoms with van der Waals surface area (Å²) in [6.07, 6.45) is 2.45. The van der Waals surface area contributed by atoms with Crippen molar-refractivity contribution in [2.24, 2.45) is 5.92 Å². The van der Waals surface area contributed by atoms with Gasteiger partial charge in [0.1, 0.15) is 5.75 Å². The van der Waals surface area contributed by atoms with E-state index in [4.69, 9.17) is 4.74 Å². The van der Waals surface area contributed by atoms with Crippen LogP contribution in [0.15, 0.2) is 22.7 Å². The molecule has 1 atom stereocenters. The van der Waals surface area contributed by atoms with Crippen molar-refractivity contribution in [3.8, 4) is 5.75 Å². The summed E-state index contributed by atoms with van der Waals surface area (Å²) in [6.45, 7) is 3.78. The molecule has 3 nitrogen and oxygen atoms in total. The maximum absolute atomic E-state index is 9.46. The molecule has 4 heteroatoms. The molecule has 0 bridgehead atoms. The quantitative estimate of drug-likeness (QED) is 0.927. The minimum absolute atomic E-state index is 0.294. The van der Waals surface area contributed by atoms with Gasteiger partial charge in [0.25, 0.3) is 0 Å². The second-order valence-electron chi connectivity index (χ2n) is 5.07. The van der Waals surface area contributed by atoms with Crippen LogP contribution in [0.1, 0.15) is 18.4 Å². The lowest BCUT2D eigenvalue weighted by Gasteiger charge is -2.27. The van der Waals surface area contributed by atoms with Crippen molar-refractivity contribution in [1.29, 1.82) is 0 Å². The molecule has 1 aromatic rings. The van der Waals surface area contributed by atoms with E-state index in [2.05, 4.69) is 27.9 Å². The lowest BCUT2D eigenvalue weighted by molar-refractivity contribution is 0.0411. The molecule has 1 aliphatic heterocycles. The second-order valence-corrected chi connectivity index (χ2v) is 5.92. The first-order valence-corrected chi connectivity index (χ1v) is 7.18. The predicted molar refractivity (Wildman–Crippen MR) is 75.7 cm³/mol. The Morgan fingerprint density at radius 2 is 2.33 bits per heavy atom. The Hall–Kier alpha value is -0.580. The van der Waals surface area contributed by atoms with E-state index < -0.39 is 0 Å². The number of halogens is 1. The van der Waals surface area contributed by atoms with E-state index >= 15 is 0 Å². The van der Waals surface area contributed by atoms with Crippen molar-refractivity contribution in [3.05, 3.63) is 28.2 Å². The van der Waals surface area contributed by atoms with Crippen molar-refractivity contribution in [2.75, 3.05) is 26.8 Å². The number of benzene rings is 1. The van der Waals surface area contributed by atoms with E-state index in [1.54, 1.807) is 6.07 Å². The van der Waals surface area contributed by atoms with Crippen LogP contribution in [0.2, 0.25) is 0 Å². The minimum Gasteiger partial charge on any atom is -0.507 e. The van der Waals surface area contributed by atoms with E-state index in [-0.39, 0.29) is 0 Å². The molecule has 2 rings (SSSR count). The van der Waals surface area contributed by atoms with Gasteiger partial charge in [0.05, 0.1) is 11.1 Å². The zero-order valence-corrected chi connectivity index (χ0v) is 12.3. The molecule has 0 radical (unpaired) electrons. The highest BCUT2D eigenvalue weighted by atomic mass is 79.9. The van der Waals surface area contributed by atoms with Crippen LogP contribution in [0.3, 0.4) is 0 Å². The Balaban J connectivity index is 1.85. The zero-order valence-electron chi connectivity index (χ0n) is 10.7. The van der Waals surface area contributed by atoms with Crippen molar-refractivity contribution in [1.82, 2.24) is 4.90 Å². The molecule has 0 aliphatic carbocycles. The molecule has 100 valence electrons. The summed E-state index contributed by atoms with van der Waals surface area (Å²) < 4.78 is 6.26. The average Bonchev–Trinajstić information content (AvgIpc) is 2.35. The Labute approximate surface area is 117 Å². The van der Waals surface area contributed by atoms with Crippen LogP contribution in [-0.2, 0) is 11.3 Å². The normalized spacial score (nSPS) is 20.3. The van der Waals surface area contributed by atoms with E-state index in [1.165, 1.54) is 18.4 Å². The summed E-state index contributed by atoms with van der Waals surface area (Å²) in [7, 11) is 2.13. The topological polar surface area (TPSA) is 32.7 Å². The zero-order chi connectivity index (χ0) is 13.0. The van der Waals surface area contributed by atoms with Crippen molar-refractivity contribution < 1.29 is 9.84 Å². The van der Waals surface area contributed by atoms with Gasteiger partial charge in [-0.15, -0.1) is 0 Å². The summed E-state index contributed by atoms with van der Waals surface area (Å²) in [5.41, 5.74) is 1.21. The maximum Gasteiger partial charge on any atom is 0.129 e. The van der Waals surface area contributed by atoms with Gasteiger partial charge in [-0.3, -0.25) is 0 Å².